The smallest absolute Gasteiger partial charge is 0.0969 e. The predicted octanol–water partition coefficient (Wildman–Crippen LogP) is 2.82. The maximum atomic E-state index is 6.21. The number of halogens is 2. The first kappa shape index (κ1) is 10.6. The topological polar surface area (TPSA) is 6.48 Å². The lowest BCUT2D eigenvalue weighted by Gasteiger charge is -2.34. The van der Waals surface area contributed by atoms with Crippen LogP contribution in [0.4, 0.5) is 0 Å². The van der Waals surface area contributed by atoms with Gasteiger partial charge in [-0.2, -0.15) is 8.84 Å². The van der Waals surface area contributed by atoms with Crippen LogP contribution in [0.3, 0.4) is 0 Å². The largest absolute Gasteiger partial charge is 0.198 e. The molecule has 0 aromatic carbocycles. The van der Waals surface area contributed by atoms with Crippen molar-refractivity contribution in [1.29, 1.82) is 0 Å². The fraction of sp³-hybridized carbons (Fsp3) is 1.00. The summed E-state index contributed by atoms with van der Waals surface area (Å²) in [4.78, 5) is 0. The highest BCUT2D eigenvalue weighted by molar-refractivity contribution is 6.17. The van der Waals surface area contributed by atoms with Crippen LogP contribution in [0.1, 0.15) is 34.1 Å². The summed E-state index contributed by atoms with van der Waals surface area (Å²) >= 11 is 12.3. The molecule has 1 aliphatic heterocycles. The first-order valence-corrected chi connectivity index (χ1v) is 4.92. The fourth-order valence-corrected chi connectivity index (χ4v) is 2.20. The molecule has 1 saturated heterocycles. The zero-order valence-corrected chi connectivity index (χ0v) is 9.58. The summed E-state index contributed by atoms with van der Waals surface area (Å²) < 4.78 is 3.59. The van der Waals surface area contributed by atoms with Crippen molar-refractivity contribution in [1.82, 2.24) is 8.84 Å². The summed E-state index contributed by atoms with van der Waals surface area (Å²) in [6.07, 6.45) is 1.00. The summed E-state index contributed by atoms with van der Waals surface area (Å²) in [6.45, 7) is 9.11. The van der Waals surface area contributed by atoms with E-state index in [0.29, 0.717) is 0 Å². The van der Waals surface area contributed by atoms with Crippen molar-refractivity contribution in [2.75, 3.05) is 6.54 Å². The second-order valence-electron chi connectivity index (χ2n) is 4.15. The molecule has 0 bridgehead atoms. The van der Waals surface area contributed by atoms with E-state index in [2.05, 4.69) is 13.8 Å². The molecule has 12 heavy (non-hydrogen) atoms. The van der Waals surface area contributed by atoms with Crippen LogP contribution < -0.4 is 0 Å². The first-order chi connectivity index (χ1) is 5.34. The highest BCUT2D eigenvalue weighted by atomic mass is 35.5. The van der Waals surface area contributed by atoms with E-state index in [-0.39, 0.29) is 11.2 Å². The van der Waals surface area contributed by atoms with Crippen LogP contribution in [0.15, 0.2) is 0 Å². The Labute approximate surface area is 84.6 Å². The molecule has 4 heteroatoms. The fourth-order valence-electron chi connectivity index (χ4n) is 1.56. The van der Waals surface area contributed by atoms with Gasteiger partial charge in [-0.15, -0.1) is 0 Å². The molecule has 1 heterocycles. The maximum Gasteiger partial charge on any atom is 0.0969 e. The maximum absolute atomic E-state index is 6.21. The van der Waals surface area contributed by atoms with Gasteiger partial charge in [0, 0.05) is 12.1 Å². The second kappa shape index (κ2) is 3.02. The quantitative estimate of drug-likeness (QED) is 0.615. The lowest BCUT2D eigenvalue weighted by Crippen LogP contribution is -2.45. The van der Waals surface area contributed by atoms with Crippen LogP contribution in [0, 0.1) is 0 Å². The van der Waals surface area contributed by atoms with E-state index in [1.165, 1.54) is 0 Å². The second-order valence-corrected chi connectivity index (χ2v) is 4.89. The number of nitrogens with zero attached hydrogens (tertiary/aromatic N) is 2. The van der Waals surface area contributed by atoms with Gasteiger partial charge in [-0.05, 0) is 50.7 Å². The Morgan fingerprint density at radius 3 is 1.92 bits per heavy atom. The van der Waals surface area contributed by atoms with E-state index in [1.807, 2.05) is 18.3 Å². The zero-order chi connectivity index (χ0) is 9.57. The Bertz CT molecular complexity index is 184. The molecule has 72 valence electrons. The molecule has 0 saturated carbocycles. The van der Waals surface area contributed by atoms with Crippen LogP contribution in [-0.2, 0) is 0 Å². The monoisotopic (exact) mass is 210 g/mol. The highest BCUT2D eigenvalue weighted by Crippen LogP contribution is 2.41. The molecular formula is C8H16Cl2N2. The van der Waals surface area contributed by atoms with Gasteiger partial charge in [-0.3, -0.25) is 0 Å². The van der Waals surface area contributed by atoms with E-state index < -0.39 is 0 Å². The molecule has 1 aliphatic rings. The third-order valence-corrected chi connectivity index (χ3v) is 4.14. The molecule has 1 fully saturated rings. The van der Waals surface area contributed by atoms with Gasteiger partial charge in [0.25, 0.3) is 0 Å². The molecule has 0 N–H and O–H groups in total. The average Bonchev–Trinajstić information content (AvgIpc) is 2.14. The summed E-state index contributed by atoms with van der Waals surface area (Å²) in [5.41, 5.74) is -0.263. The molecule has 0 aliphatic carbocycles. The molecule has 0 amide bonds. The molecule has 0 aromatic rings. The normalized spacial score (nSPS) is 37.5. The average molecular weight is 211 g/mol. The third kappa shape index (κ3) is 1.35. The molecule has 0 spiro atoms. The SMILES string of the molecule is CCC1(C)CN(Cl)C(C)(C)N1Cl. The van der Waals surface area contributed by atoms with Gasteiger partial charge in [0.15, 0.2) is 0 Å². The molecular weight excluding hydrogens is 195 g/mol. The molecule has 1 rings (SSSR count). The van der Waals surface area contributed by atoms with Gasteiger partial charge in [-0.25, -0.2) is 0 Å². The van der Waals surface area contributed by atoms with E-state index in [0.717, 1.165) is 13.0 Å². The van der Waals surface area contributed by atoms with Crippen molar-refractivity contribution >= 4 is 23.6 Å². The van der Waals surface area contributed by atoms with E-state index in [4.69, 9.17) is 23.6 Å². The van der Waals surface area contributed by atoms with Gasteiger partial charge in [-0.1, -0.05) is 6.92 Å². The standard InChI is InChI=1S/C8H16Cl2N2/c1-5-8(4)6-11(9)7(2,3)12(8)10/h5-6H2,1-4H3. The van der Waals surface area contributed by atoms with Crippen LogP contribution >= 0.6 is 23.6 Å². The Morgan fingerprint density at radius 2 is 1.75 bits per heavy atom. The van der Waals surface area contributed by atoms with Crippen molar-refractivity contribution in [2.45, 2.75) is 45.3 Å². The van der Waals surface area contributed by atoms with E-state index in [1.54, 1.807) is 4.42 Å². The van der Waals surface area contributed by atoms with Crippen LogP contribution in [0.25, 0.3) is 0 Å². The summed E-state index contributed by atoms with van der Waals surface area (Å²) in [7, 11) is 0. The van der Waals surface area contributed by atoms with Gasteiger partial charge in [0.05, 0.1) is 5.66 Å². The van der Waals surface area contributed by atoms with Gasteiger partial charge < -0.3 is 0 Å². The molecule has 1 unspecified atom stereocenters. The van der Waals surface area contributed by atoms with Gasteiger partial charge in [0.1, 0.15) is 0 Å². The first-order valence-electron chi connectivity index (χ1n) is 4.24. The zero-order valence-electron chi connectivity index (χ0n) is 8.06. The number of rotatable bonds is 1. The van der Waals surface area contributed by atoms with Gasteiger partial charge in [0.2, 0.25) is 0 Å². The van der Waals surface area contributed by atoms with Crippen molar-refractivity contribution in [3.8, 4) is 0 Å². The molecule has 0 radical (unpaired) electrons. The highest BCUT2D eigenvalue weighted by Gasteiger charge is 2.50. The summed E-state index contributed by atoms with van der Waals surface area (Å²) in [5.74, 6) is 0. The van der Waals surface area contributed by atoms with E-state index >= 15 is 0 Å². The summed E-state index contributed by atoms with van der Waals surface area (Å²) in [6, 6.07) is 0. The van der Waals surface area contributed by atoms with Gasteiger partial charge >= 0.3 is 0 Å². The summed E-state index contributed by atoms with van der Waals surface area (Å²) in [5, 5.41) is 0. The van der Waals surface area contributed by atoms with Crippen molar-refractivity contribution in [2.24, 2.45) is 0 Å². The predicted molar refractivity (Wildman–Crippen MR) is 53.0 cm³/mol. The minimum atomic E-state index is -0.256. The van der Waals surface area contributed by atoms with Crippen molar-refractivity contribution in [3.05, 3.63) is 0 Å². The third-order valence-electron chi connectivity index (χ3n) is 2.79. The minimum Gasteiger partial charge on any atom is -0.198 e. The van der Waals surface area contributed by atoms with E-state index in [9.17, 15) is 0 Å². The number of hydrogen-bond donors (Lipinski definition) is 0. The molecule has 2 nitrogen and oxygen atoms in total. The Kier molecular flexibility index (Phi) is 2.66. The van der Waals surface area contributed by atoms with Crippen LogP contribution in [0.2, 0.25) is 0 Å². The van der Waals surface area contributed by atoms with Crippen LogP contribution in [-0.4, -0.2) is 26.6 Å². The number of hydrogen-bond acceptors (Lipinski definition) is 2. The van der Waals surface area contributed by atoms with Crippen LogP contribution in [0.5, 0.6) is 0 Å². The minimum absolute atomic E-state index is 0.00714. The Balaban J connectivity index is 2.90. The van der Waals surface area contributed by atoms with Crippen molar-refractivity contribution in [3.63, 3.8) is 0 Å². The lowest BCUT2D eigenvalue weighted by molar-refractivity contribution is 0.142. The molecule has 1 atom stereocenters. The lowest BCUT2D eigenvalue weighted by atomic mass is 10.0. The Hall–Kier alpha value is 0.500. The Morgan fingerprint density at radius 1 is 1.25 bits per heavy atom. The molecule has 0 aromatic heterocycles. The van der Waals surface area contributed by atoms with Crippen molar-refractivity contribution < 1.29 is 0 Å².